The third kappa shape index (κ3) is 3.29. The quantitative estimate of drug-likeness (QED) is 0.657. The average Bonchev–Trinajstić information content (AvgIpc) is 3.05. The Morgan fingerprint density at radius 3 is 2.30 bits per heavy atom. The summed E-state index contributed by atoms with van der Waals surface area (Å²) in [6.45, 7) is 0. The zero-order valence-corrected chi connectivity index (χ0v) is 15.3. The number of anilines is 1. The van der Waals surface area contributed by atoms with Crippen LogP contribution in [0.3, 0.4) is 0 Å². The molecule has 0 saturated carbocycles. The second-order valence-corrected chi connectivity index (χ2v) is 8.52. The monoisotopic (exact) mass is 409 g/mol. The predicted octanol–water partition coefficient (Wildman–Crippen LogP) is 3.79. The van der Waals surface area contributed by atoms with Gasteiger partial charge in [-0.2, -0.15) is 0 Å². The van der Waals surface area contributed by atoms with Crippen LogP contribution in [0.2, 0.25) is 0 Å². The van der Waals surface area contributed by atoms with Gasteiger partial charge in [0.05, 0.1) is 4.90 Å². The van der Waals surface area contributed by atoms with E-state index in [4.69, 9.17) is 0 Å². The van der Waals surface area contributed by atoms with E-state index in [-0.39, 0.29) is 4.90 Å². The third-order valence-corrected chi connectivity index (χ3v) is 6.63. The fourth-order valence-electron chi connectivity index (χ4n) is 1.91. The Bertz CT molecular complexity index is 909. The van der Waals surface area contributed by atoms with Crippen LogP contribution in [-0.4, -0.2) is 25.7 Å². The molecule has 0 aliphatic rings. The van der Waals surface area contributed by atoms with Gasteiger partial charge in [0.1, 0.15) is 5.01 Å². The predicted molar refractivity (Wildman–Crippen MR) is 95.1 cm³/mol. The fraction of sp³-hybridized carbons (Fsp3) is 0.0667. The van der Waals surface area contributed by atoms with Crippen LogP contribution in [-0.2, 0) is 10.0 Å². The summed E-state index contributed by atoms with van der Waals surface area (Å²) in [6.07, 6.45) is 0. The number of halogens is 1. The number of hydrogen-bond donors (Lipinski definition) is 0. The molecule has 3 rings (SSSR count). The Balaban J connectivity index is 1.92. The van der Waals surface area contributed by atoms with E-state index in [1.807, 2.05) is 24.3 Å². The molecule has 0 unspecified atom stereocenters. The number of hydrogen-bond acceptors (Lipinski definition) is 5. The molecule has 0 spiro atoms. The second-order valence-electron chi connectivity index (χ2n) is 4.68. The number of nitrogens with zero attached hydrogens (tertiary/aromatic N) is 3. The minimum absolute atomic E-state index is 0.225. The summed E-state index contributed by atoms with van der Waals surface area (Å²) < 4.78 is 27.3. The van der Waals surface area contributed by atoms with Crippen LogP contribution in [0.4, 0.5) is 5.13 Å². The van der Waals surface area contributed by atoms with Gasteiger partial charge < -0.3 is 0 Å². The van der Waals surface area contributed by atoms with Crippen LogP contribution in [0.5, 0.6) is 0 Å². The van der Waals surface area contributed by atoms with Gasteiger partial charge in [0.15, 0.2) is 0 Å². The van der Waals surface area contributed by atoms with Crippen molar-refractivity contribution < 1.29 is 8.42 Å². The number of rotatable bonds is 4. The van der Waals surface area contributed by atoms with Gasteiger partial charge >= 0.3 is 0 Å². The summed E-state index contributed by atoms with van der Waals surface area (Å²) in [5.74, 6) is 0. The van der Waals surface area contributed by atoms with Gasteiger partial charge in [0, 0.05) is 17.1 Å². The minimum atomic E-state index is -3.63. The van der Waals surface area contributed by atoms with E-state index in [1.54, 1.807) is 30.3 Å². The van der Waals surface area contributed by atoms with Gasteiger partial charge in [-0.25, -0.2) is 12.7 Å². The molecule has 0 atom stereocenters. The van der Waals surface area contributed by atoms with Gasteiger partial charge in [-0.15, -0.1) is 10.2 Å². The van der Waals surface area contributed by atoms with E-state index in [9.17, 15) is 8.42 Å². The molecule has 0 fully saturated rings. The molecule has 1 aromatic heterocycles. The Kier molecular flexibility index (Phi) is 4.47. The van der Waals surface area contributed by atoms with Gasteiger partial charge in [-0.1, -0.05) is 57.6 Å². The van der Waals surface area contributed by atoms with E-state index in [1.165, 1.54) is 18.4 Å². The zero-order valence-electron chi connectivity index (χ0n) is 12.0. The maximum absolute atomic E-state index is 12.6. The molecular formula is C15H12BrN3O2S2. The van der Waals surface area contributed by atoms with Crippen LogP contribution in [0, 0.1) is 0 Å². The minimum Gasteiger partial charge on any atom is -0.243 e. The molecule has 0 radical (unpaired) electrons. The molecule has 0 aliphatic carbocycles. The van der Waals surface area contributed by atoms with Crippen molar-refractivity contribution in [2.75, 3.05) is 11.4 Å². The third-order valence-electron chi connectivity index (χ3n) is 3.18. The van der Waals surface area contributed by atoms with E-state index < -0.39 is 10.0 Å². The Morgan fingerprint density at radius 1 is 1.00 bits per heavy atom. The first-order valence-electron chi connectivity index (χ1n) is 6.62. The molecule has 0 amide bonds. The maximum Gasteiger partial charge on any atom is 0.265 e. The Hall–Kier alpha value is -1.77. The lowest BCUT2D eigenvalue weighted by molar-refractivity contribution is 0.594. The lowest BCUT2D eigenvalue weighted by Crippen LogP contribution is -2.26. The van der Waals surface area contributed by atoms with Crippen LogP contribution >= 0.6 is 27.3 Å². The largest absolute Gasteiger partial charge is 0.265 e. The van der Waals surface area contributed by atoms with Crippen molar-refractivity contribution in [2.45, 2.75) is 4.90 Å². The summed E-state index contributed by atoms with van der Waals surface area (Å²) in [5.41, 5.74) is 0.891. The Labute approximate surface area is 146 Å². The van der Waals surface area contributed by atoms with Gasteiger partial charge in [0.2, 0.25) is 5.13 Å². The molecule has 0 N–H and O–H groups in total. The summed E-state index contributed by atoms with van der Waals surface area (Å²) in [7, 11) is -2.15. The SMILES string of the molecule is CN(c1nnc(-c2ccc(Br)cc2)s1)S(=O)(=O)c1ccccc1. The van der Waals surface area contributed by atoms with Crippen molar-refractivity contribution in [3.63, 3.8) is 0 Å². The van der Waals surface area contributed by atoms with Gasteiger partial charge in [0.25, 0.3) is 10.0 Å². The van der Waals surface area contributed by atoms with Crippen molar-refractivity contribution in [3.8, 4) is 10.6 Å². The van der Waals surface area contributed by atoms with Crippen LogP contribution in [0.15, 0.2) is 64.0 Å². The molecule has 23 heavy (non-hydrogen) atoms. The van der Waals surface area contributed by atoms with Crippen molar-refractivity contribution >= 4 is 42.4 Å². The first kappa shape index (κ1) is 16.1. The molecule has 0 aliphatic heterocycles. The fourth-order valence-corrected chi connectivity index (χ4v) is 4.35. The molecule has 5 nitrogen and oxygen atoms in total. The molecular weight excluding hydrogens is 398 g/mol. The van der Waals surface area contributed by atoms with E-state index in [0.717, 1.165) is 14.3 Å². The molecule has 0 saturated heterocycles. The normalized spacial score (nSPS) is 11.4. The summed E-state index contributed by atoms with van der Waals surface area (Å²) in [6, 6.07) is 15.9. The molecule has 8 heteroatoms. The molecule has 3 aromatic rings. The van der Waals surface area contributed by atoms with E-state index >= 15 is 0 Å². The highest BCUT2D eigenvalue weighted by molar-refractivity contribution is 9.10. The molecule has 2 aromatic carbocycles. The number of sulfonamides is 1. The van der Waals surface area contributed by atoms with Crippen LogP contribution in [0.25, 0.3) is 10.6 Å². The molecule has 118 valence electrons. The summed E-state index contributed by atoms with van der Waals surface area (Å²) in [5, 5.41) is 9.10. The molecule has 0 bridgehead atoms. The van der Waals surface area contributed by atoms with Crippen molar-refractivity contribution in [1.29, 1.82) is 0 Å². The maximum atomic E-state index is 12.6. The summed E-state index contributed by atoms with van der Waals surface area (Å²) in [4.78, 5) is 0.225. The van der Waals surface area contributed by atoms with E-state index in [0.29, 0.717) is 10.1 Å². The second kappa shape index (κ2) is 6.38. The van der Waals surface area contributed by atoms with Gasteiger partial charge in [-0.05, 0) is 24.3 Å². The highest BCUT2D eigenvalue weighted by Gasteiger charge is 2.24. The van der Waals surface area contributed by atoms with Crippen molar-refractivity contribution in [3.05, 3.63) is 59.1 Å². The van der Waals surface area contributed by atoms with Crippen molar-refractivity contribution in [2.24, 2.45) is 0 Å². The number of aromatic nitrogens is 2. The Morgan fingerprint density at radius 2 is 1.65 bits per heavy atom. The highest BCUT2D eigenvalue weighted by atomic mass is 79.9. The van der Waals surface area contributed by atoms with Gasteiger partial charge in [-0.3, -0.25) is 0 Å². The molecule has 1 heterocycles. The lowest BCUT2D eigenvalue weighted by Gasteiger charge is -2.15. The topological polar surface area (TPSA) is 63.2 Å². The average molecular weight is 410 g/mol. The zero-order chi connectivity index (χ0) is 16.4. The van der Waals surface area contributed by atoms with Crippen LogP contribution in [0.1, 0.15) is 0 Å². The van der Waals surface area contributed by atoms with E-state index in [2.05, 4.69) is 26.1 Å². The highest BCUT2D eigenvalue weighted by Crippen LogP contribution is 2.31. The first-order valence-corrected chi connectivity index (χ1v) is 9.67. The van der Waals surface area contributed by atoms with Crippen LogP contribution < -0.4 is 4.31 Å². The lowest BCUT2D eigenvalue weighted by atomic mass is 10.2. The number of benzene rings is 2. The summed E-state index contributed by atoms with van der Waals surface area (Å²) >= 11 is 4.61. The standard InChI is InChI=1S/C15H12BrN3O2S2/c1-19(23(20,21)13-5-3-2-4-6-13)15-18-17-14(22-15)11-7-9-12(16)10-8-11/h2-10H,1H3. The first-order chi connectivity index (χ1) is 11.0. The van der Waals surface area contributed by atoms with Crippen molar-refractivity contribution in [1.82, 2.24) is 10.2 Å². The smallest absolute Gasteiger partial charge is 0.243 e.